The van der Waals surface area contributed by atoms with Crippen molar-refractivity contribution in [1.82, 2.24) is 0 Å². The van der Waals surface area contributed by atoms with E-state index < -0.39 is 0 Å². The molecule has 2 heterocycles. The molecule has 21 heavy (non-hydrogen) atoms. The summed E-state index contributed by atoms with van der Waals surface area (Å²) in [5, 5.41) is 3.68. The van der Waals surface area contributed by atoms with Crippen molar-refractivity contribution in [2.24, 2.45) is 0 Å². The summed E-state index contributed by atoms with van der Waals surface area (Å²) in [6, 6.07) is 14.5. The monoisotopic (exact) mass is 281 g/mol. The molecule has 0 aliphatic carbocycles. The van der Waals surface area contributed by atoms with Crippen LogP contribution in [-0.4, -0.2) is 12.7 Å². The molecule has 0 bridgehead atoms. The molecule has 0 atom stereocenters. The van der Waals surface area contributed by atoms with Crippen LogP contribution in [0.1, 0.15) is 10.6 Å². The average molecular weight is 281 g/mol. The highest BCUT2D eigenvalue weighted by Crippen LogP contribution is 2.34. The summed E-state index contributed by atoms with van der Waals surface area (Å²) in [7, 11) is 0. The Balaban J connectivity index is 1.60. The predicted molar refractivity (Wildman–Crippen MR) is 76.7 cm³/mol. The number of para-hydroxylation sites is 1. The highest BCUT2D eigenvalue weighted by atomic mass is 16.7. The van der Waals surface area contributed by atoms with Crippen LogP contribution in [0.2, 0.25) is 0 Å². The molecule has 1 aliphatic rings. The minimum absolute atomic E-state index is 0.205. The summed E-state index contributed by atoms with van der Waals surface area (Å²) < 4.78 is 16.0. The maximum atomic E-state index is 12.2. The van der Waals surface area contributed by atoms with E-state index in [0.29, 0.717) is 22.8 Å². The summed E-state index contributed by atoms with van der Waals surface area (Å²) >= 11 is 0. The lowest BCUT2D eigenvalue weighted by atomic mass is 10.2. The third-order valence-corrected chi connectivity index (χ3v) is 3.28. The number of hydrogen-bond acceptors (Lipinski definition) is 4. The fraction of sp³-hybridized carbons (Fsp3) is 0.0625. The van der Waals surface area contributed by atoms with Crippen molar-refractivity contribution in [3.8, 4) is 11.5 Å². The molecule has 0 saturated carbocycles. The quantitative estimate of drug-likeness (QED) is 0.782. The molecule has 0 radical (unpaired) electrons. The number of carbonyl (C=O) groups is 1. The third kappa shape index (κ3) is 2.08. The zero-order chi connectivity index (χ0) is 14.2. The number of hydrogen-bond donors (Lipinski definition) is 1. The number of nitrogens with one attached hydrogen (secondary N) is 1. The standard InChI is InChI=1S/C16H11NO4/c18-16(15-7-10-3-1-2-4-12(10)21-15)17-11-5-6-13-14(8-11)20-9-19-13/h1-8H,9H2,(H,17,18). The largest absolute Gasteiger partial charge is 0.454 e. The molecule has 4 rings (SSSR count). The van der Waals surface area contributed by atoms with Gasteiger partial charge in [0.05, 0.1) is 0 Å². The van der Waals surface area contributed by atoms with E-state index in [9.17, 15) is 4.79 Å². The van der Waals surface area contributed by atoms with Crippen molar-refractivity contribution in [2.45, 2.75) is 0 Å². The third-order valence-electron chi connectivity index (χ3n) is 3.28. The molecule has 5 nitrogen and oxygen atoms in total. The molecule has 1 N–H and O–H groups in total. The highest BCUT2D eigenvalue weighted by molar-refractivity contribution is 6.04. The van der Waals surface area contributed by atoms with Crippen LogP contribution in [0.4, 0.5) is 5.69 Å². The molecule has 0 spiro atoms. The first kappa shape index (κ1) is 11.8. The van der Waals surface area contributed by atoms with Gasteiger partial charge >= 0.3 is 0 Å². The number of carbonyl (C=O) groups excluding carboxylic acids is 1. The van der Waals surface area contributed by atoms with Gasteiger partial charge < -0.3 is 19.2 Å². The van der Waals surface area contributed by atoms with Gasteiger partial charge in [0, 0.05) is 17.1 Å². The van der Waals surface area contributed by atoms with Gasteiger partial charge in [0.15, 0.2) is 17.3 Å². The first-order valence-corrected chi connectivity index (χ1v) is 6.49. The Hall–Kier alpha value is -2.95. The lowest BCUT2D eigenvalue weighted by molar-refractivity contribution is 0.0998. The van der Waals surface area contributed by atoms with Gasteiger partial charge in [0.25, 0.3) is 5.91 Å². The van der Waals surface area contributed by atoms with Crippen molar-refractivity contribution < 1.29 is 18.7 Å². The average Bonchev–Trinajstić information content (AvgIpc) is 3.13. The van der Waals surface area contributed by atoms with Crippen molar-refractivity contribution in [3.05, 3.63) is 54.3 Å². The van der Waals surface area contributed by atoms with Gasteiger partial charge in [-0.2, -0.15) is 0 Å². The molecule has 1 aliphatic heterocycles. The van der Waals surface area contributed by atoms with Crippen molar-refractivity contribution >= 4 is 22.6 Å². The van der Waals surface area contributed by atoms with Crippen LogP contribution < -0.4 is 14.8 Å². The molecule has 3 aromatic rings. The summed E-state index contributed by atoms with van der Waals surface area (Å²) in [6.45, 7) is 0.205. The first-order valence-electron chi connectivity index (χ1n) is 6.49. The summed E-state index contributed by atoms with van der Waals surface area (Å²) in [5.41, 5.74) is 1.32. The lowest BCUT2D eigenvalue weighted by Gasteiger charge is -2.04. The number of amides is 1. The van der Waals surface area contributed by atoms with Gasteiger partial charge in [-0.3, -0.25) is 4.79 Å². The van der Waals surface area contributed by atoms with E-state index in [2.05, 4.69) is 5.32 Å². The van der Waals surface area contributed by atoms with Gasteiger partial charge in [-0.15, -0.1) is 0 Å². The van der Waals surface area contributed by atoms with Gasteiger partial charge in [0.1, 0.15) is 5.58 Å². The number of anilines is 1. The molecule has 5 heteroatoms. The lowest BCUT2D eigenvalue weighted by Crippen LogP contribution is -2.10. The van der Waals surface area contributed by atoms with Crippen LogP contribution >= 0.6 is 0 Å². The van der Waals surface area contributed by atoms with E-state index in [1.54, 1.807) is 24.3 Å². The normalized spacial score (nSPS) is 12.6. The van der Waals surface area contributed by atoms with Gasteiger partial charge in [-0.1, -0.05) is 18.2 Å². The number of ether oxygens (including phenoxy) is 2. The van der Waals surface area contributed by atoms with E-state index in [-0.39, 0.29) is 18.5 Å². The molecule has 104 valence electrons. The highest BCUT2D eigenvalue weighted by Gasteiger charge is 2.16. The minimum atomic E-state index is -0.301. The fourth-order valence-electron chi connectivity index (χ4n) is 2.26. The van der Waals surface area contributed by atoms with Crippen molar-refractivity contribution in [2.75, 3.05) is 12.1 Å². The molecule has 1 aromatic heterocycles. The van der Waals surface area contributed by atoms with Gasteiger partial charge in [-0.05, 0) is 24.3 Å². The predicted octanol–water partition coefficient (Wildman–Crippen LogP) is 3.41. The second kappa shape index (κ2) is 4.56. The molecular weight excluding hydrogens is 270 g/mol. The van der Waals surface area contributed by atoms with Crippen LogP contribution in [-0.2, 0) is 0 Å². The summed E-state index contributed by atoms with van der Waals surface area (Å²) in [4.78, 5) is 12.2. The van der Waals surface area contributed by atoms with Crippen LogP contribution in [0, 0.1) is 0 Å². The topological polar surface area (TPSA) is 60.7 Å². The van der Waals surface area contributed by atoms with E-state index in [1.165, 1.54) is 0 Å². The summed E-state index contributed by atoms with van der Waals surface area (Å²) in [6.07, 6.45) is 0. The molecular formula is C16H11NO4. The molecule has 0 saturated heterocycles. The number of furan rings is 1. The fourth-order valence-corrected chi connectivity index (χ4v) is 2.26. The van der Waals surface area contributed by atoms with Crippen LogP contribution in [0.15, 0.2) is 52.9 Å². The van der Waals surface area contributed by atoms with Gasteiger partial charge in [0.2, 0.25) is 6.79 Å². The molecule has 0 unspecified atom stereocenters. The van der Waals surface area contributed by atoms with Gasteiger partial charge in [-0.25, -0.2) is 0 Å². The first-order chi connectivity index (χ1) is 10.3. The number of benzene rings is 2. The second-order valence-corrected chi connectivity index (χ2v) is 4.67. The van der Waals surface area contributed by atoms with E-state index in [0.717, 1.165) is 5.39 Å². The SMILES string of the molecule is O=C(Nc1ccc2c(c1)OCO2)c1cc2ccccc2o1. The molecule has 2 aromatic carbocycles. The summed E-state index contributed by atoms with van der Waals surface area (Å²) in [5.74, 6) is 1.27. The molecule has 1 amide bonds. The van der Waals surface area contributed by atoms with Crippen LogP contribution in [0.5, 0.6) is 11.5 Å². The maximum Gasteiger partial charge on any atom is 0.291 e. The molecule has 0 fully saturated rings. The smallest absolute Gasteiger partial charge is 0.291 e. The minimum Gasteiger partial charge on any atom is -0.454 e. The van der Waals surface area contributed by atoms with E-state index in [1.807, 2.05) is 24.3 Å². The van der Waals surface area contributed by atoms with Crippen LogP contribution in [0.3, 0.4) is 0 Å². The Morgan fingerprint density at radius 1 is 1.00 bits per heavy atom. The van der Waals surface area contributed by atoms with E-state index in [4.69, 9.17) is 13.9 Å². The Morgan fingerprint density at radius 2 is 1.86 bits per heavy atom. The Morgan fingerprint density at radius 3 is 2.76 bits per heavy atom. The maximum absolute atomic E-state index is 12.2. The zero-order valence-corrected chi connectivity index (χ0v) is 11.0. The number of fused-ring (bicyclic) bond motifs is 2. The Labute approximate surface area is 120 Å². The Bertz CT molecular complexity index is 804. The second-order valence-electron chi connectivity index (χ2n) is 4.67. The van der Waals surface area contributed by atoms with E-state index >= 15 is 0 Å². The van der Waals surface area contributed by atoms with Crippen LogP contribution in [0.25, 0.3) is 11.0 Å². The number of rotatable bonds is 2. The Kier molecular flexibility index (Phi) is 2.57. The van der Waals surface area contributed by atoms with Crippen molar-refractivity contribution in [1.29, 1.82) is 0 Å². The zero-order valence-electron chi connectivity index (χ0n) is 11.0. The van der Waals surface area contributed by atoms with Crippen molar-refractivity contribution in [3.63, 3.8) is 0 Å².